The highest BCUT2D eigenvalue weighted by Crippen LogP contribution is 2.27. The third-order valence-electron chi connectivity index (χ3n) is 5.12. The monoisotopic (exact) mass is 414 g/mol. The average molecular weight is 415 g/mol. The van der Waals surface area contributed by atoms with Crippen LogP contribution >= 0.6 is 0 Å². The van der Waals surface area contributed by atoms with Gasteiger partial charge in [-0.3, -0.25) is 0 Å². The highest BCUT2D eigenvalue weighted by Gasteiger charge is 2.15. The number of aromatic nitrogens is 2. The molecule has 0 saturated heterocycles. The molecule has 0 aliphatic heterocycles. The highest BCUT2D eigenvalue weighted by molar-refractivity contribution is 5.70. The van der Waals surface area contributed by atoms with Crippen molar-refractivity contribution in [3.8, 4) is 23.1 Å². The molecule has 2 aromatic carbocycles. The van der Waals surface area contributed by atoms with E-state index in [0.717, 1.165) is 47.6 Å². The fourth-order valence-electron chi connectivity index (χ4n) is 3.53. The number of hydrogen-bond donors (Lipinski definition) is 0. The third kappa shape index (κ3) is 5.90. The molecule has 3 rings (SSSR count). The minimum Gasteiger partial charge on any atom is -0.476 e. The van der Waals surface area contributed by atoms with E-state index < -0.39 is 0 Å². The van der Waals surface area contributed by atoms with Gasteiger partial charge in [-0.25, -0.2) is 4.98 Å². The zero-order chi connectivity index (χ0) is 22.2. The Morgan fingerprint density at radius 2 is 1.77 bits per heavy atom. The van der Waals surface area contributed by atoms with Crippen molar-refractivity contribution < 1.29 is 4.74 Å². The summed E-state index contributed by atoms with van der Waals surface area (Å²) in [5.41, 5.74) is 5.97. The second kappa shape index (κ2) is 10.7. The molecule has 0 aliphatic rings. The van der Waals surface area contributed by atoms with Crippen LogP contribution in [0.3, 0.4) is 0 Å². The summed E-state index contributed by atoms with van der Waals surface area (Å²) in [6, 6.07) is 18.3. The molecular formula is C26H30N4O. The number of ether oxygens (including phenoxy) is 1. The highest BCUT2D eigenvalue weighted by atomic mass is 16.5. The maximum atomic E-state index is 9.39. The Hall–Kier alpha value is -3.23. The van der Waals surface area contributed by atoms with Crippen molar-refractivity contribution in [3.05, 3.63) is 76.7 Å². The van der Waals surface area contributed by atoms with Gasteiger partial charge in [0.25, 0.3) is 0 Å². The van der Waals surface area contributed by atoms with Crippen LogP contribution in [0.1, 0.15) is 41.6 Å². The van der Waals surface area contributed by atoms with E-state index in [4.69, 9.17) is 9.72 Å². The van der Waals surface area contributed by atoms with E-state index >= 15 is 0 Å². The van der Waals surface area contributed by atoms with Gasteiger partial charge in [-0.2, -0.15) is 10.2 Å². The molecule has 0 amide bonds. The molecule has 0 saturated carbocycles. The minimum absolute atomic E-state index is 0.589. The van der Waals surface area contributed by atoms with Gasteiger partial charge in [-0.15, -0.1) is 0 Å². The average Bonchev–Trinajstić information content (AvgIpc) is 2.76. The summed E-state index contributed by atoms with van der Waals surface area (Å²) >= 11 is 0. The third-order valence-corrected chi connectivity index (χ3v) is 5.12. The maximum Gasteiger partial charge on any atom is 0.220 e. The Balaban J connectivity index is 1.89. The van der Waals surface area contributed by atoms with Gasteiger partial charge in [-0.05, 0) is 50.2 Å². The Bertz CT molecular complexity index is 1050. The van der Waals surface area contributed by atoms with Crippen LogP contribution in [0.4, 0.5) is 0 Å². The van der Waals surface area contributed by atoms with Gasteiger partial charge in [0.1, 0.15) is 12.4 Å². The SMILES string of the molecule is CCCc1nc(C)nc(OCCN(C)C)c1Cc1ccc(-c2ccccc2C#N)cc1. The molecule has 0 bridgehead atoms. The lowest BCUT2D eigenvalue weighted by Crippen LogP contribution is -2.20. The summed E-state index contributed by atoms with van der Waals surface area (Å²) in [7, 11) is 4.06. The van der Waals surface area contributed by atoms with Crippen LogP contribution in [0.15, 0.2) is 48.5 Å². The first-order valence-corrected chi connectivity index (χ1v) is 10.7. The summed E-state index contributed by atoms with van der Waals surface area (Å²) in [5, 5.41) is 9.39. The summed E-state index contributed by atoms with van der Waals surface area (Å²) in [4.78, 5) is 11.4. The first-order chi connectivity index (χ1) is 15.0. The molecule has 5 nitrogen and oxygen atoms in total. The molecule has 1 heterocycles. The first-order valence-electron chi connectivity index (χ1n) is 10.7. The van der Waals surface area contributed by atoms with Gasteiger partial charge in [0, 0.05) is 18.5 Å². The van der Waals surface area contributed by atoms with Gasteiger partial charge in [0.05, 0.1) is 17.3 Å². The van der Waals surface area contributed by atoms with Crippen LogP contribution in [-0.4, -0.2) is 42.1 Å². The lowest BCUT2D eigenvalue weighted by molar-refractivity contribution is 0.251. The number of aryl methyl sites for hydroxylation is 2. The van der Waals surface area contributed by atoms with E-state index in [0.29, 0.717) is 24.5 Å². The second-order valence-electron chi connectivity index (χ2n) is 7.93. The number of benzene rings is 2. The van der Waals surface area contributed by atoms with Crippen molar-refractivity contribution in [2.24, 2.45) is 0 Å². The van der Waals surface area contributed by atoms with Crippen molar-refractivity contribution in [2.75, 3.05) is 27.2 Å². The molecule has 0 aliphatic carbocycles. The van der Waals surface area contributed by atoms with Crippen molar-refractivity contribution in [3.63, 3.8) is 0 Å². The molecule has 3 aromatic rings. The predicted molar refractivity (Wildman–Crippen MR) is 124 cm³/mol. The molecule has 0 fully saturated rings. The zero-order valence-corrected chi connectivity index (χ0v) is 18.9. The van der Waals surface area contributed by atoms with Crippen LogP contribution in [0.25, 0.3) is 11.1 Å². The predicted octanol–water partition coefficient (Wildman–Crippen LogP) is 4.81. The van der Waals surface area contributed by atoms with Crippen molar-refractivity contribution in [1.82, 2.24) is 14.9 Å². The topological polar surface area (TPSA) is 62.0 Å². The van der Waals surface area contributed by atoms with Crippen LogP contribution in [-0.2, 0) is 12.8 Å². The molecule has 0 radical (unpaired) electrons. The largest absolute Gasteiger partial charge is 0.476 e. The summed E-state index contributed by atoms with van der Waals surface area (Å²) in [5.74, 6) is 1.44. The van der Waals surface area contributed by atoms with Crippen molar-refractivity contribution in [2.45, 2.75) is 33.1 Å². The number of nitriles is 1. The van der Waals surface area contributed by atoms with Gasteiger partial charge < -0.3 is 9.64 Å². The maximum absolute atomic E-state index is 9.39. The molecule has 31 heavy (non-hydrogen) atoms. The van der Waals surface area contributed by atoms with E-state index in [9.17, 15) is 5.26 Å². The number of likely N-dealkylation sites (N-methyl/N-ethyl adjacent to an activating group) is 1. The first kappa shape index (κ1) is 22.5. The molecule has 0 unspecified atom stereocenters. The fraction of sp³-hybridized carbons (Fsp3) is 0.346. The lowest BCUT2D eigenvalue weighted by Gasteiger charge is -2.16. The van der Waals surface area contributed by atoms with Crippen LogP contribution < -0.4 is 4.74 Å². The van der Waals surface area contributed by atoms with E-state index in [1.165, 1.54) is 5.56 Å². The van der Waals surface area contributed by atoms with Crippen LogP contribution in [0.2, 0.25) is 0 Å². The van der Waals surface area contributed by atoms with E-state index in [1.54, 1.807) is 0 Å². The molecule has 1 aromatic heterocycles. The molecule has 0 spiro atoms. The number of rotatable bonds is 9. The Kier molecular flexibility index (Phi) is 7.75. The molecule has 0 N–H and O–H groups in total. The lowest BCUT2D eigenvalue weighted by atomic mass is 9.97. The van der Waals surface area contributed by atoms with Gasteiger partial charge in [0.2, 0.25) is 5.88 Å². The Morgan fingerprint density at radius 3 is 2.45 bits per heavy atom. The van der Waals surface area contributed by atoms with Crippen molar-refractivity contribution >= 4 is 0 Å². The molecule has 0 atom stereocenters. The normalized spacial score (nSPS) is 10.8. The van der Waals surface area contributed by atoms with E-state index in [2.05, 4.69) is 47.1 Å². The quantitative estimate of drug-likeness (QED) is 0.503. The Morgan fingerprint density at radius 1 is 1.03 bits per heavy atom. The zero-order valence-electron chi connectivity index (χ0n) is 18.9. The molecule has 5 heteroatoms. The van der Waals surface area contributed by atoms with Crippen LogP contribution in [0, 0.1) is 18.3 Å². The fourth-order valence-corrected chi connectivity index (χ4v) is 3.53. The van der Waals surface area contributed by atoms with Gasteiger partial charge in [0.15, 0.2) is 0 Å². The molecule has 160 valence electrons. The van der Waals surface area contributed by atoms with Crippen LogP contribution in [0.5, 0.6) is 5.88 Å². The van der Waals surface area contributed by atoms with E-state index in [1.807, 2.05) is 45.3 Å². The standard InChI is InChI=1S/C26H30N4O/c1-5-8-25-24(26(29-19(2)28-25)31-16-15-30(3)4)17-20-11-13-21(14-12-20)23-10-7-6-9-22(23)18-27/h6-7,9-14H,5,8,15-17H2,1-4H3. The smallest absolute Gasteiger partial charge is 0.220 e. The molecular weight excluding hydrogens is 384 g/mol. The number of hydrogen-bond acceptors (Lipinski definition) is 5. The van der Waals surface area contributed by atoms with E-state index in [-0.39, 0.29) is 0 Å². The Labute approximate surface area is 185 Å². The second-order valence-corrected chi connectivity index (χ2v) is 7.93. The summed E-state index contributed by atoms with van der Waals surface area (Å²) in [6.45, 7) is 5.50. The van der Waals surface area contributed by atoms with Gasteiger partial charge >= 0.3 is 0 Å². The summed E-state index contributed by atoms with van der Waals surface area (Å²) in [6.07, 6.45) is 2.63. The minimum atomic E-state index is 0.589. The van der Waals surface area contributed by atoms with Crippen molar-refractivity contribution in [1.29, 1.82) is 5.26 Å². The van der Waals surface area contributed by atoms with Gasteiger partial charge in [-0.1, -0.05) is 55.8 Å². The summed E-state index contributed by atoms with van der Waals surface area (Å²) < 4.78 is 6.08. The number of nitrogens with zero attached hydrogens (tertiary/aromatic N) is 4.